The van der Waals surface area contributed by atoms with Gasteiger partial charge in [-0.15, -0.1) is 0 Å². The summed E-state index contributed by atoms with van der Waals surface area (Å²) in [5.41, 5.74) is 5.12. The van der Waals surface area contributed by atoms with Crippen LogP contribution in [0.25, 0.3) is 0 Å². The van der Waals surface area contributed by atoms with Crippen LogP contribution < -0.4 is 9.73 Å². The highest BCUT2D eigenvalue weighted by atomic mass is 32.2. The minimum Gasteiger partial charge on any atom is -0.271 e. The van der Waals surface area contributed by atoms with Gasteiger partial charge < -0.3 is 0 Å². The molecule has 0 spiro atoms. The van der Waals surface area contributed by atoms with Gasteiger partial charge in [-0.3, -0.25) is 19.2 Å². The highest BCUT2D eigenvalue weighted by Gasteiger charge is 2.27. The average molecular weight is 481 g/mol. The molecule has 0 heterocycles. The fourth-order valence-corrected chi connectivity index (χ4v) is 4.57. The summed E-state index contributed by atoms with van der Waals surface area (Å²) in [4.78, 5) is 23.2. The largest absolute Gasteiger partial charge is 0.271 e. The smallest absolute Gasteiger partial charge is 0.270 e. The van der Waals surface area contributed by atoms with Gasteiger partial charge in [-0.25, -0.2) is 13.8 Å². The van der Waals surface area contributed by atoms with E-state index in [0.717, 1.165) is 15.4 Å². The molecule has 0 aliphatic heterocycles. The Balaban J connectivity index is 1.87. The number of rotatable bonds is 8. The Labute approximate surface area is 197 Å². The molecule has 1 amide bonds. The second-order valence-corrected chi connectivity index (χ2v) is 9.57. The van der Waals surface area contributed by atoms with E-state index in [9.17, 15) is 23.3 Å². The molecule has 1 N–H and O–H groups in total. The van der Waals surface area contributed by atoms with Gasteiger partial charge in [-0.05, 0) is 50.6 Å². The number of nitrogens with one attached hydrogen (secondary N) is 1. The number of aryl methyl sites for hydroxylation is 2. The molecule has 0 saturated carbocycles. The number of nitro benzene ring substituents is 1. The number of anilines is 1. The van der Waals surface area contributed by atoms with Crippen molar-refractivity contribution in [2.45, 2.75) is 25.7 Å². The molecule has 0 atom stereocenters. The third kappa shape index (κ3) is 5.84. The van der Waals surface area contributed by atoms with E-state index in [0.29, 0.717) is 17.0 Å². The van der Waals surface area contributed by atoms with Crippen LogP contribution >= 0.6 is 0 Å². The molecule has 0 saturated heterocycles. The first-order valence-corrected chi connectivity index (χ1v) is 11.8. The fourth-order valence-electron chi connectivity index (χ4n) is 3.16. The number of hydrazone groups is 1. The molecule has 9 nitrogen and oxygen atoms in total. The molecule has 3 aromatic rings. The maximum absolute atomic E-state index is 13.4. The van der Waals surface area contributed by atoms with Gasteiger partial charge >= 0.3 is 0 Å². The van der Waals surface area contributed by atoms with Crippen LogP contribution in [0.4, 0.5) is 11.4 Å². The average Bonchev–Trinajstić information content (AvgIpc) is 2.81. The topological polar surface area (TPSA) is 122 Å². The van der Waals surface area contributed by atoms with Gasteiger partial charge in [-0.1, -0.05) is 42.0 Å². The van der Waals surface area contributed by atoms with Crippen molar-refractivity contribution in [3.63, 3.8) is 0 Å². The zero-order valence-electron chi connectivity index (χ0n) is 18.9. The SMILES string of the molecule is C/C(=N/NC(=O)CN(c1cccc(C)c1)S(=O)(=O)c1ccc(C)cc1)c1cccc([N+](=O)[O-])c1. The third-order valence-electron chi connectivity index (χ3n) is 5.01. The molecule has 176 valence electrons. The van der Waals surface area contributed by atoms with Gasteiger partial charge in [0.15, 0.2) is 0 Å². The summed E-state index contributed by atoms with van der Waals surface area (Å²) in [5, 5.41) is 15.0. The lowest BCUT2D eigenvalue weighted by Crippen LogP contribution is -2.39. The van der Waals surface area contributed by atoms with Gasteiger partial charge in [0.1, 0.15) is 6.54 Å². The Hall–Kier alpha value is -4.05. The van der Waals surface area contributed by atoms with Crippen molar-refractivity contribution in [3.05, 3.63) is 99.6 Å². The normalized spacial score (nSPS) is 11.7. The number of carbonyl (C=O) groups is 1. The predicted molar refractivity (Wildman–Crippen MR) is 130 cm³/mol. The summed E-state index contributed by atoms with van der Waals surface area (Å²) < 4.78 is 27.8. The number of nitro groups is 1. The highest BCUT2D eigenvalue weighted by molar-refractivity contribution is 7.92. The molecule has 10 heteroatoms. The van der Waals surface area contributed by atoms with Gasteiger partial charge in [0, 0.05) is 17.7 Å². The van der Waals surface area contributed by atoms with Crippen LogP contribution in [-0.2, 0) is 14.8 Å². The molecule has 0 aliphatic carbocycles. The highest BCUT2D eigenvalue weighted by Crippen LogP contribution is 2.24. The van der Waals surface area contributed by atoms with E-state index in [2.05, 4.69) is 10.5 Å². The molecular weight excluding hydrogens is 456 g/mol. The fraction of sp³-hybridized carbons (Fsp3) is 0.167. The van der Waals surface area contributed by atoms with Crippen LogP contribution in [0, 0.1) is 24.0 Å². The molecule has 0 fully saturated rings. The second-order valence-electron chi connectivity index (χ2n) is 7.70. The van der Waals surface area contributed by atoms with Crippen molar-refractivity contribution in [2.75, 3.05) is 10.8 Å². The zero-order chi connectivity index (χ0) is 24.9. The summed E-state index contributed by atoms with van der Waals surface area (Å²) in [6.45, 7) is 4.75. The summed E-state index contributed by atoms with van der Waals surface area (Å²) >= 11 is 0. The van der Waals surface area contributed by atoms with E-state index in [4.69, 9.17) is 0 Å². The number of amides is 1. The van der Waals surface area contributed by atoms with Crippen LogP contribution in [0.2, 0.25) is 0 Å². The molecule has 0 bridgehead atoms. The van der Waals surface area contributed by atoms with Gasteiger partial charge in [-0.2, -0.15) is 5.10 Å². The molecule has 3 rings (SSSR count). The van der Waals surface area contributed by atoms with E-state index in [1.165, 1.54) is 30.3 Å². The Bertz CT molecular complexity index is 1350. The van der Waals surface area contributed by atoms with Crippen LogP contribution in [-0.4, -0.2) is 31.5 Å². The van der Waals surface area contributed by atoms with Crippen LogP contribution in [0.15, 0.2) is 82.8 Å². The van der Waals surface area contributed by atoms with E-state index in [-0.39, 0.29) is 10.6 Å². The van der Waals surface area contributed by atoms with Crippen molar-refractivity contribution in [1.82, 2.24) is 5.43 Å². The standard InChI is InChI=1S/C24H24N4O5S/c1-17-10-12-23(13-11-17)34(32,33)27(21-8-4-6-18(2)14-21)16-24(29)26-25-19(3)20-7-5-9-22(15-20)28(30)31/h4-15H,16H2,1-3H3,(H,26,29)/b25-19-. The molecule has 0 unspecified atom stereocenters. The maximum atomic E-state index is 13.4. The summed E-state index contributed by atoms with van der Waals surface area (Å²) in [6.07, 6.45) is 0. The Kier molecular flexibility index (Phi) is 7.42. The monoisotopic (exact) mass is 480 g/mol. The number of sulfonamides is 1. The first-order chi connectivity index (χ1) is 16.1. The van der Waals surface area contributed by atoms with E-state index < -0.39 is 27.4 Å². The van der Waals surface area contributed by atoms with E-state index in [1.807, 2.05) is 19.9 Å². The molecule has 0 aliphatic rings. The van der Waals surface area contributed by atoms with Crippen LogP contribution in [0.1, 0.15) is 23.6 Å². The number of hydrogen-bond donors (Lipinski definition) is 1. The lowest BCUT2D eigenvalue weighted by Gasteiger charge is -2.24. The zero-order valence-corrected chi connectivity index (χ0v) is 19.7. The van der Waals surface area contributed by atoms with E-state index in [1.54, 1.807) is 43.3 Å². The Morgan fingerprint density at radius 2 is 1.68 bits per heavy atom. The van der Waals surface area contributed by atoms with Gasteiger partial charge in [0.05, 0.1) is 21.2 Å². The Morgan fingerprint density at radius 1 is 1.00 bits per heavy atom. The minimum absolute atomic E-state index is 0.0590. The number of non-ortho nitro benzene ring substituents is 1. The summed E-state index contributed by atoms with van der Waals surface area (Å²) in [5.74, 6) is -0.665. The first-order valence-electron chi connectivity index (χ1n) is 10.3. The van der Waals surface area contributed by atoms with Gasteiger partial charge in [0.2, 0.25) is 0 Å². The van der Waals surface area contributed by atoms with Crippen molar-refractivity contribution >= 4 is 33.0 Å². The predicted octanol–water partition coefficient (Wildman–Crippen LogP) is 3.95. The number of carbonyl (C=O) groups excluding carboxylic acids is 1. The number of hydrogen-bond acceptors (Lipinski definition) is 6. The quantitative estimate of drug-likeness (QED) is 0.297. The van der Waals surface area contributed by atoms with Crippen molar-refractivity contribution in [1.29, 1.82) is 0 Å². The minimum atomic E-state index is -4.04. The molecule has 0 aromatic heterocycles. The lowest BCUT2D eigenvalue weighted by atomic mass is 10.1. The number of benzene rings is 3. The van der Waals surface area contributed by atoms with Crippen molar-refractivity contribution in [2.24, 2.45) is 5.10 Å². The lowest BCUT2D eigenvalue weighted by molar-refractivity contribution is -0.384. The number of nitrogens with zero attached hydrogens (tertiary/aromatic N) is 3. The molecule has 3 aromatic carbocycles. The molecular formula is C24H24N4O5S. The molecule has 0 radical (unpaired) electrons. The summed E-state index contributed by atoms with van der Waals surface area (Å²) in [6, 6.07) is 19.0. The van der Waals surface area contributed by atoms with Crippen molar-refractivity contribution in [3.8, 4) is 0 Å². The summed E-state index contributed by atoms with van der Waals surface area (Å²) in [7, 11) is -4.04. The van der Waals surface area contributed by atoms with Crippen molar-refractivity contribution < 1.29 is 18.1 Å². The Morgan fingerprint density at radius 3 is 2.32 bits per heavy atom. The maximum Gasteiger partial charge on any atom is 0.270 e. The second kappa shape index (κ2) is 10.3. The first kappa shape index (κ1) is 24.6. The van der Waals surface area contributed by atoms with Crippen LogP contribution in [0.5, 0.6) is 0 Å². The van der Waals surface area contributed by atoms with Crippen LogP contribution in [0.3, 0.4) is 0 Å². The molecule has 34 heavy (non-hydrogen) atoms. The third-order valence-corrected chi connectivity index (χ3v) is 6.80. The van der Waals surface area contributed by atoms with E-state index >= 15 is 0 Å². The van der Waals surface area contributed by atoms with Gasteiger partial charge in [0.25, 0.3) is 21.6 Å².